The van der Waals surface area contributed by atoms with Crippen LogP contribution < -0.4 is 0 Å². The second kappa shape index (κ2) is 8.32. The average molecular weight is 269 g/mol. The molecule has 0 saturated heterocycles. The maximum absolute atomic E-state index is 2.51. The molecule has 0 heterocycles. The molecule has 0 amide bonds. The minimum absolute atomic E-state index is 0.452. The molecule has 0 aliphatic carbocycles. The molecule has 0 aliphatic rings. The van der Waals surface area contributed by atoms with E-state index >= 15 is 0 Å². The van der Waals surface area contributed by atoms with Crippen LogP contribution in [-0.2, 0) is 0 Å². The minimum Gasteiger partial charge on any atom is -0.0654 e. The van der Waals surface area contributed by atoms with Gasteiger partial charge in [0.05, 0.1) is 0 Å². The Labute approximate surface area is 123 Å². The van der Waals surface area contributed by atoms with Crippen molar-refractivity contribution in [3.63, 3.8) is 0 Å². The molecule has 0 fully saturated rings. The molecular formula is C19H40. The lowest BCUT2D eigenvalue weighted by Crippen LogP contribution is -2.37. The zero-order valence-electron chi connectivity index (χ0n) is 15.2. The van der Waals surface area contributed by atoms with Crippen LogP contribution in [0.15, 0.2) is 0 Å². The Hall–Kier alpha value is 0. The molecule has 0 N–H and O–H groups in total. The van der Waals surface area contributed by atoms with Crippen LogP contribution in [-0.4, -0.2) is 0 Å². The van der Waals surface area contributed by atoms with Gasteiger partial charge in [0.2, 0.25) is 0 Å². The first-order valence-corrected chi connectivity index (χ1v) is 8.73. The number of hydrogen-bond acceptors (Lipinski definition) is 0. The molecule has 0 aromatic rings. The summed E-state index contributed by atoms with van der Waals surface area (Å²) in [6.07, 6.45) is 5.35. The van der Waals surface area contributed by atoms with Crippen LogP contribution in [0.5, 0.6) is 0 Å². The highest BCUT2D eigenvalue weighted by Crippen LogP contribution is 2.45. The van der Waals surface area contributed by atoms with Crippen LogP contribution >= 0.6 is 0 Å². The minimum atomic E-state index is 0.452. The summed E-state index contributed by atoms with van der Waals surface area (Å²) < 4.78 is 0. The third kappa shape index (κ3) is 4.80. The predicted molar refractivity (Wildman–Crippen MR) is 89.4 cm³/mol. The van der Waals surface area contributed by atoms with Gasteiger partial charge in [-0.2, -0.15) is 0 Å². The van der Waals surface area contributed by atoms with Crippen LogP contribution in [0, 0.1) is 35.0 Å². The van der Waals surface area contributed by atoms with Gasteiger partial charge in [0.1, 0.15) is 0 Å². The predicted octanol–water partition coefficient (Wildman–Crippen LogP) is 6.79. The largest absolute Gasteiger partial charge is 0.0654 e. The third-order valence-corrected chi connectivity index (χ3v) is 6.47. The highest BCUT2D eigenvalue weighted by atomic mass is 14.4. The summed E-state index contributed by atoms with van der Waals surface area (Å²) in [6.45, 7) is 21.9. The fraction of sp³-hybridized carbons (Fsp3) is 1.00. The van der Waals surface area contributed by atoms with Gasteiger partial charge in [0.15, 0.2) is 0 Å². The van der Waals surface area contributed by atoms with E-state index in [0.29, 0.717) is 5.41 Å². The van der Waals surface area contributed by atoms with Gasteiger partial charge >= 0.3 is 0 Å². The van der Waals surface area contributed by atoms with E-state index in [9.17, 15) is 0 Å². The molecule has 0 aliphatic heterocycles. The lowest BCUT2D eigenvalue weighted by molar-refractivity contribution is 0.0494. The van der Waals surface area contributed by atoms with Crippen molar-refractivity contribution in [1.82, 2.24) is 0 Å². The standard InChI is InChI=1S/C19H40/c1-10-13-14(4)18(12-3)16(6)17(7)19(8,9)15(5)11-2/h14-18H,10-13H2,1-9H3. The molecule has 0 heteroatoms. The topological polar surface area (TPSA) is 0 Å². The van der Waals surface area contributed by atoms with Crippen molar-refractivity contribution in [2.75, 3.05) is 0 Å². The van der Waals surface area contributed by atoms with Gasteiger partial charge in [0, 0.05) is 0 Å². The second-order valence-corrected chi connectivity index (χ2v) is 7.62. The van der Waals surface area contributed by atoms with Crippen molar-refractivity contribution in [2.24, 2.45) is 35.0 Å². The van der Waals surface area contributed by atoms with Gasteiger partial charge in [-0.1, -0.05) is 88.0 Å². The Morgan fingerprint density at radius 3 is 1.74 bits per heavy atom. The third-order valence-electron chi connectivity index (χ3n) is 6.47. The van der Waals surface area contributed by atoms with E-state index in [-0.39, 0.29) is 0 Å². The lowest BCUT2D eigenvalue weighted by atomic mass is 9.61. The molecular weight excluding hydrogens is 228 g/mol. The summed E-state index contributed by atoms with van der Waals surface area (Å²) in [5.74, 6) is 4.20. The van der Waals surface area contributed by atoms with E-state index in [1.807, 2.05) is 0 Å². The molecule has 0 aromatic carbocycles. The first-order valence-electron chi connectivity index (χ1n) is 8.73. The Morgan fingerprint density at radius 2 is 1.37 bits per heavy atom. The Balaban J connectivity index is 4.90. The van der Waals surface area contributed by atoms with E-state index in [4.69, 9.17) is 0 Å². The number of rotatable bonds is 9. The molecule has 0 radical (unpaired) electrons. The van der Waals surface area contributed by atoms with Crippen LogP contribution in [0.25, 0.3) is 0 Å². The highest BCUT2D eigenvalue weighted by molar-refractivity contribution is 4.86. The molecule has 0 saturated carbocycles. The van der Waals surface area contributed by atoms with Gasteiger partial charge in [-0.15, -0.1) is 0 Å². The highest BCUT2D eigenvalue weighted by Gasteiger charge is 2.37. The maximum Gasteiger partial charge on any atom is -0.0300 e. The van der Waals surface area contributed by atoms with E-state index < -0.39 is 0 Å². The lowest BCUT2D eigenvalue weighted by Gasteiger charge is -2.44. The van der Waals surface area contributed by atoms with Crippen LogP contribution in [0.3, 0.4) is 0 Å². The van der Waals surface area contributed by atoms with Crippen molar-refractivity contribution >= 4 is 0 Å². The molecule has 5 unspecified atom stereocenters. The van der Waals surface area contributed by atoms with E-state index in [0.717, 1.165) is 29.6 Å². The first-order chi connectivity index (χ1) is 8.73. The molecule has 0 nitrogen and oxygen atoms in total. The second-order valence-electron chi connectivity index (χ2n) is 7.62. The van der Waals surface area contributed by atoms with Gasteiger partial charge in [-0.05, 0) is 35.0 Å². The Morgan fingerprint density at radius 1 is 0.842 bits per heavy atom. The van der Waals surface area contributed by atoms with Crippen LogP contribution in [0.1, 0.15) is 88.0 Å². The fourth-order valence-electron chi connectivity index (χ4n) is 3.99. The average Bonchev–Trinajstić information content (AvgIpc) is 2.37. The molecule has 5 atom stereocenters. The molecule has 0 aromatic heterocycles. The summed E-state index contributed by atoms with van der Waals surface area (Å²) in [5, 5.41) is 0. The smallest absolute Gasteiger partial charge is 0.0300 e. The van der Waals surface area contributed by atoms with E-state index in [1.54, 1.807) is 0 Å². The summed E-state index contributed by atoms with van der Waals surface area (Å²) in [6, 6.07) is 0. The van der Waals surface area contributed by atoms with Crippen LogP contribution in [0.4, 0.5) is 0 Å². The zero-order valence-corrected chi connectivity index (χ0v) is 15.2. The number of hydrogen-bond donors (Lipinski definition) is 0. The molecule has 0 bridgehead atoms. The summed E-state index contributed by atoms with van der Waals surface area (Å²) in [7, 11) is 0. The summed E-state index contributed by atoms with van der Waals surface area (Å²) in [5.41, 5.74) is 0.452. The Kier molecular flexibility index (Phi) is 8.32. The van der Waals surface area contributed by atoms with Crippen LogP contribution in [0.2, 0.25) is 0 Å². The summed E-state index contributed by atoms with van der Waals surface area (Å²) in [4.78, 5) is 0. The van der Waals surface area contributed by atoms with Gasteiger partial charge < -0.3 is 0 Å². The van der Waals surface area contributed by atoms with Crippen molar-refractivity contribution in [1.29, 1.82) is 0 Å². The first kappa shape index (κ1) is 19.0. The van der Waals surface area contributed by atoms with Gasteiger partial charge in [-0.3, -0.25) is 0 Å². The molecule has 0 spiro atoms. The van der Waals surface area contributed by atoms with Crippen molar-refractivity contribution in [3.05, 3.63) is 0 Å². The van der Waals surface area contributed by atoms with E-state index in [2.05, 4.69) is 62.3 Å². The molecule has 0 rings (SSSR count). The van der Waals surface area contributed by atoms with Crippen molar-refractivity contribution < 1.29 is 0 Å². The van der Waals surface area contributed by atoms with Gasteiger partial charge in [0.25, 0.3) is 0 Å². The summed E-state index contributed by atoms with van der Waals surface area (Å²) >= 11 is 0. The normalized spacial score (nSPS) is 20.7. The monoisotopic (exact) mass is 268 g/mol. The van der Waals surface area contributed by atoms with Gasteiger partial charge in [-0.25, -0.2) is 0 Å². The fourth-order valence-corrected chi connectivity index (χ4v) is 3.99. The Bertz CT molecular complexity index is 228. The van der Waals surface area contributed by atoms with Crippen molar-refractivity contribution in [3.8, 4) is 0 Å². The quantitative estimate of drug-likeness (QED) is 0.431. The van der Waals surface area contributed by atoms with E-state index in [1.165, 1.54) is 25.7 Å². The molecule has 116 valence electrons. The zero-order chi connectivity index (χ0) is 15.2. The van der Waals surface area contributed by atoms with Crippen molar-refractivity contribution in [2.45, 2.75) is 88.0 Å². The SMILES string of the molecule is CCCC(C)C(CC)C(C)C(C)C(C)(C)C(C)CC. The molecule has 19 heavy (non-hydrogen) atoms. The maximum atomic E-state index is 2.51.